The molecule has 0 radical (unpaired) electrons. The van der Waals surface area contributed by atoms with Crippen LogP contribution in [0.15, 0.2) is 54.6 Å². The van der Waals surface area contributed by atoms with Crippen molar-refractivity contribution in [3.63, 3.8) is 0 Å². The number of carbonyl (C=O) groups is 2. The Balaban J connectivity index is 1.76. The number of benzene rings is 2. The zero-order chi connectivity index (χ0) is 22.5. The van der Waals surface area contributed by atoms with Gasteiger partial charge in [0.15, 0.2) is 11.8 Å². The summed E-state index contributed by atoms with van der Waals surface area (Å²) in [7, 11) is 1.49. The molecular formula is C22H22ClN3O5. The second kappa shape index (κ2) is 9.63. The standard InChI is InChI=1S/C22H22ClN3O5/c1-26-20(28)12-18(25-26)21(29)24-17(11-19(27)22(30)31)9-13-5-7-14(8-6-13)15-3-2-4-16(23)10-15/h2-8,10,12,17,19,27-28H,9,11H2,1H3,(H,24,29)(H,30,31)/t17-,19-/m1/s1. The van der Waals surface area contributed by atoms with Crippen LogP contribution in [0.3, 0.4) is 0 Å². The minimum atomic E-state index is -1.63. The largest absolute Gasteiger partial charge is 0.493 e. The summed E-state index contributed by atoms with van der Waals surface area (Å²) in [6.45, 7) is 0. The summed E-state index contributed by atoms with van der Waals surface area (Å²) >= 11 is 6.04. The molecule has 0 saturated carbocycles. The number of amides is 1. The fraction of sp³-hybridized carbons (Fsp3) is 0.227. The van der Waals surface area contributed by atoms with Gasteiger partial charge in [0.05, 0.1) is 0 Å². The summed E-state index contributed by atoms with van der Waals surface area (Å²) in [5.41, 5.74) is 2.75. The van der Waals surface area contributed by atoms with Crippen molar-refractivity contribution in [1.29, 1.82) is 0 Å². The molecule has 0 aliphatic heterocycles. The van der Waals surface area contributed by atoms with Crippen LogP contribution in [0.4, 0.5) is 0 Å². The van der Waals surface area contributed by atoms with Gasteiger partial charge in [0.2, 0.25) is 5.88 Å². The fourth-order valence-electron chi connectivity index (χ4n) is 3.18. The van der Waals surface area contributed by atoms with Gasteiger partial charge in [-0.05, 0) is 35.2 Å². The Kier molecular flexibility index (Phi) is 6.94. The van der Waals surface area contributed by atoms with Gasteiger partial charge in [0.1, 0.15) is 0 Å². The number of aromatic hydroxyl groups is 1. The average molecular weight is 444 g/mol. The van der Waals surface area contributed by atoms with E-state index in [1.807, 2.05) is 42.5 Å². The molecule has 162 valence electrons. The molecule has 3 rings (SSSR count). The molecule has 1 aromatic heterocycles. The zero-order valence-electron chi connectivity index (χ0n) is 16.7. The highest BCUT2D eigenvalue weighted by Gasteiger charge is 2.23. The molecule has 0 aliphatic carbocycles. The van der Waals surface area contributed by atoms with Crippen molar-refractivity contribution in [1.82, 2.24) is 15.1 Å². The van der Waals surface area contributed by atoms with Crippen LogP contribution in [0.2, 0.25) is 5.02 Å². The molecule has 3 aromatic rings. The van der Waals surface area contributed by atoms with E-state index in [2.05, 4.69) is 10.4 Å². The van der Waals surface area contributed by atoms with Crippen LogP contribution in [0.25, 0.3) is 11.1 Å². The van der Waals surface area contributed by atoms with E-state index in [4.69, 9.17) is 16.7 Å². The van der Waals surface area contributed by atoms with E-state index in [0.29, 0.717) is 11.4 Å². The third-order valence-corrected chi connectivity index (χ3v) is 5.04. The second-order valence-electron chi connectivity index (χ2n) is 7.18. The number of halogens is 1. The van der Waals surface area contributed by atoms with E-state index in [1.165, 1.54) is 13.1 Å². The Labute approximate surface area is 183 Å². The first-order chi connectivity index (χ1) is 14.7. The number of aryl methyl sites for hydroxylation is 1. The normalized spacial score (nSPS) is 12.9. The summed E-state index contributed by atoms with van der Waals surface area (Å²) < 4.78 is 1.14. The Morgan fingerprint density at radius 1 is 1.13 bits per heavy atom. The number of nitrogens with zero attached hydrogens (tertiary/aromatic N) is 2. The SMILES string of the molecule is Cn1nc(C(=O)N[C@H](Cc2ccc(-c3cccc(Cl)c3)cc2)C[C@@H](O)C(=O)O)cc1O. The molecule has 9 heteroatoms. The fourth-order valence-corrected chi connectivity index (χ4v) is 3.37. The van der Waals surface area contributed by atoms with Crippen LogP contribution in [0.1, 0.15) is 22.5 Å². The number of hydrogen-bond acceptors (Lipinski definition) is 5. The van der Waals surface area contributed by atoms with E-state index < -0.39 is 24.0 Å². The average Bonchev–Trinajstić information content (AvgIpc) is 3.07. The Morgan fingerprint density at radius 2 is 1.84 bits per heavy atom. The summed E-state index contributed by atoms with van der Waals surface area (Å²) in [6, 6.07) is 15.5. The molecule has 1 amide bonds. The van der Waals surface area contributed by atoms with Crippen molar-refractivity contribution in [3.05, 3.63) is 70.9 Å². The molecule has 8 nitrogen and oxygen atoms in total. The maximum Gasteiger partial charge on any atom is 0.332 e. The molecule has 0 spiro atoms. The maximum absolute atomic E-state index is 12.5. The Hall–Kier alpha value is -3.36. The van der Waals surface area contributed by atoms with Gasteiger partial charge in [0.25, 0.3) is 5.91 Å². The summed E-state index contributed by atoms with van der Waals surface area (Å²) in [4.78, 5) is 23.6. The van der Waals surface area contributed by atoms with Crippen LogP contribution < -0.4 is 5.32 Å². The number of carboxylic acid groups (broad SMARTS) is 1. The maximum atomic E-state index is 12.5. The summed E-state index contributed by atoms with van der Waals surface area (Å²) in [5.74, 6) is -2.12. The molecule has 2 atom stereocenters. The van der Waals surface area contributed by atoms with Gasteiger partial charge in [0, 0.05) is 30.6 Å². The summed E-state index contributed by atoms with van der Waals surface area (Å²) in [6.07, 6.45) is -1.52. The van der Waals surface area contributed by atoms with Crippen molar-refractivity contribution in [2.75, 3.05) is 0 Å². The van der Waals surface area contributed by atoms with Crippen molar-refractivity contribution in [2.24, 2.45) is 7.05 Å². The third-order valence-electron chi connectivity index (χ3n) is 4.81. The first-order valence-electron chi connectivity index (χ1n) is 9.52. The molecular weight excluding hydrogens is 422 g/mol. The number of carboxylic acids is 1. The molecule has 0 unspecified atom stereocenters. The van der Waals surface area contributed by atoms with Crippen LogP contribution in [0, 0.1) is 0 Å². The molecule has 0 bridgehead atoms. The highest BCUT2D eigenvalue weighted by atomic mass is 35.5. The molecule has 0 fully saturated rings. The Bertz CT molecular complexity index is 1060. The lowest BCUT2D eigenvalue weighted by Gasteiger charge is -2.20. The lowest BCUT2D eigenvalue weighted by Crippen LogP contribution is -2.40. The topological polar surface area (TPSA) is 125 Å². The van der Waals surface area contributed by atoms with Crippen LogP contribution >= 0.6 is 11.6 Å². The monoisotopic (exact) mass is 443 g/mol. The molecule has 0 saturated heterocycles. The van der Waals surface area contributed by atoms with Crippen molar-refractivity contribution >= 4 is 23.5 Å². The first-order valence-corrected chi connectivity index (χ1v) is 9.90. The smallest absolute Gasteiger partial charge is 0.332 e. The number of aliphatic carboxylic acids is 1. The van der Waals surface area contributed by atoms with Crippen molar-refractivity contribution in [3.8, 4) is 17.0 Å². The second-order valence-corrected chi connectivity index (χ2v) is 7.62. The lowest BCUT2D eigenvalue weighted by atomic mass is 9.97. The predicted molar refractivity (Wildman–Crippen MR) is 115 cm³/mol. The molecule has 2 aromatic carbocycles. The van der Waals surface area contributed by atoms with Crippen molar-refractivity contribution in [2.45, 2.75) is 25.0 Å². The minimum absolute atomic E-state index is 0.00822. The number of hydrogen-bond donors (Lipinski definition) is 4. The zero-order valence-corrected chi connectivity index (χ0v) is 17.5. The quantitative estimate of drug-likeness (QED) is 0.424. The van der Waals surface area contributed by atoms with E-state index >= 15 is 0 Å². The van der Waals surface area contributed by atoms with Gasteiger partial charge >= 0.3 is 5.97 Å². The van der Waals surface area contributed by atoms with Crippen LogP contribution in [-0.2, 0) is 18.3 Å². The van der Waals surface area contributed by atoms with E-state index in [9.17, 15) is 19.8 Å². The van der Waals surface area contributed by atoms with Gasteiger partial charge in [-0.15, -0.1) is 0 Å². The van der Waals surface area contributed by atoms with Crippen LogP contribution in [-0.4, -0.2) is 49.1 Å². The highest BCUT2D eigenvalue weighted by Crippen LogP contribution is 2.23. The number of aliphatic hydroxyl groups is 1. The third kappa shape index (κ3) is 5.84. The number of aliphatic hydroxyl groups excluding tert-OH is 1. The number of carbonyl (C=O) groups excluding carboxylic acids is 1. The van der Waals surface area contributed by atoms with E-state index in [0.717, 1.165) is 21.4 Å². The van der Waals surface area contributed by atoms with Crippen LogP contribution in [0.5, 0.6) is 5.88 Å². The van der Waals surface area contributed by atoms with Gasteiger partial charge < -0.3 is 20.6 Å². The highest BCUT2D eigenvalue weighted by molar-refractivity contribution is 6.30. The van der Waals surface area contributed by atoms with Crippen molar-refractivity contribution < 1.29 is 24.9 Å². The molecule has 0 aliphatic rings. The van der Waals surface area contributed by atoms with Gasteiger partial charge in [-0.1, -0.05) is 48.0 Å². The molecule has 31 heavy (non-hydrogen) atoms. The first kappa shape index (κ1) is 22.3. The number of nitrogens with one attached hydrogen (secondary N) is 1. The molecule has 1 heterocycles. The van der Waals surface area contributed by atoms with Gasteiger partial charge in [-0.2, -0.15) is 5.10 Å². The van der Waals surface area contributed by atoms with E-state index in [-0.39, 0.29) is 18.0 Å². The lowest BCUT2D eigenvalue weighted by molar-refractivity contribution is -0.147. The van der Waals surface area contributed by atoms with Gasteiger partial charge in [-0.25, -0.2) is 9.48 Å². The Morgan fingerprint density at radius 3 is 2.42 bits per heavy atom. The minimum Gasteiger partial charge on any atom is -0.493 e. The predicted octanol–water partition coefficient (Wildman–Crippen LogP) is 2.62. The van der Waals surface area contributed by atoms with E-state index in [1.54, 1.807) is 6.07 Å². The molecule has 4 N–H and O–H groups in total. The number of rotatable bonds is 8. The summed E-state index contributed by atoms with van der Waals surface area (Å²) in [5, 5.41) is 35.7. The van der Waals surface area contributed by atoms with Gasteiger partial charge in [-0.3, -0.25) is 4.79 Å². The number of aromatic nitrogens is 2.